The van der Waals surface area contributed by atoms with Crippen LogP contribution in [0, 0.1) is 0 Å². The lowest BCUT2D eigenvalue weighted by Gasteiger charge is -2.12. The van der Waals surface area contributed by atoms with Gasteiger partial charge in [-0.15, -0.1) is 0 Å². The number of nitrogens with one attached hydrogen (secondary N) is 2. The van der Waals surface area contributed by atoms with E-state index in [0.717, 1.165) is 18.8 Å². The lowest BCUT2D eigenvalue weighted by Crippen LogP contribution is -2.34. The first-order valence-corrected chi connectivity index (χ1v) is 5.08. The lowest BCUT2D eigenvalue weighted by atomic mass is 10.3. The second-order valence-electron chi connectivity index (χ2n) is 3.31. The summed E-state index contributed by atoms with van der Waals surface area (Å²) < 4.78 is 0. The van der Waals surface area contributed by atoms with Gasteiger partial charge in [0.25, 0.3) is 0 Å². The Morgan fingerprint density at radius 2 is 2.29 bits per heavy atom. The molecule has 0 bridgehead atoms. The quantitative estimate of drug-likeness (QED) is 0.777. The van der Waals surface area contributed by atoms with Gasteiger partial charge in [0.15, 0.2) is 0 Å². The highest BCUT2D eigenvalue weighted by Crippen LogP contribution is 2.05. The molecule has 1 rings (SSSR count). The summed E-state index contributed by atoms with van der Waals surface area (Å²) in [5, 5.41) is 7.14. The summed E-state index contributed by atoms with van der Waals surface area (Å²) >= 11 is 5.73. The summed E-state index contributed by atoms with van der Waals surface area (Å²) in [6.07, 6.45) is 1.67. The maximum absolute atomic E-state index is 5.73. The summed E-state index contributed by atoms with van der Waals surface area (Å²) in [4.78, 5) is 4.20. The molecule has 1 atom stereocenters. The average molecular weight is 214 g/mol. The van der Waals surface area contributed by atoms with Gasteiger partial charge in [-0.1, -0.05) is 11.6 Å². The number of hydrogen-bond acceptors (Lipinski definition) is 3. The Morgan fingerprint density at radius 1 is 1.50 bits per heavy atom. The molecule has 0 fully saturated rings. The van der Waals surface area contributed by atoms with E-state index in [1.54, 1.807) is 6.20 Å². The predicted molar refractivity (Wildman–Crippen MR) is 59.5 cm³/mol. The lowest BCUT2D eigenvalue weighted by molar-refractivity contribution is 0.519. The van der Waals surface area contributed by atoms with E-state index in [1.165, 1.54) is 0 Å². The van der Waals surface area contributed by atoms with Crippen LogP contribution in [0.4, 0.5) is 0 Å². The molecule has 0 saturated carbocycles. The normalized spacial score (nSPS) is 12.8. The smallest absolute Gasteiger partial charge is 0.0589 e. The van der Waals surface area contributed by atoms with Gasteiger partial charge in [-0.3, -0.25) is 4.98 Å². The number of halogens is 1. The van der Waals surface area contributed by atoms with Crippen LogP contribution < -0.4 is 10.6 Å². The van der Waals surface area contributed by atoms with Crippen LogP contribution in [0.3, 0.4) is 0 Å². The van der Waals surface area contributed by atoms with Crippen molar-refractivity contribution in [2.45, 2.75) is 19.5 Å². The van der Waals surface area contributed by atoms with E-state index in [0.29, 0.717) is 11.1 Å². The molecule has 1 heterocycles. The molecule has 0 aromatic carbocycles. The highest BCUT2D eigenvalue weighted by atomic mass is 35.5. The summed E-state index contributed by atoms with van der Waals surface area (Å²) in [7, 11) is 1.94. The molecule has 0 amide bonds. The van der Waals surface area contributed by atoms with E-state index in [2.05, 4.69) is 22.5 Å². The van der Waals surface area contributed by atoms with Crippen molar-refractivity contribution >= 4 is 11.6 Å². The number of aromatic nitrogens is 1. The van der Waals surface area contributed by atoms with Gasteiger partial charge in [-0.25, -0.2) is 0 Å². The van der Waals surface area contributed by atoms with E-state index in [4.69, 9.17) is 11.6 Å². The molecule has 0 aliphatic heterocycles. The van der Waals surface area contributed by atoms with Crippen molar-refractivity contribution in [1.82, 2.24) is 15.6 Å². The van der Waals surface area contributed by atoms with Crippen molar-refractivity contribution in [2.75, 3.05) is 13.6 Å². The molecular formula is C10H16ClN3. The maximum Gasteiger partial charge on any atom is 0.0589 e. The van der Waals surface area contributed by atoms with Crippen LogP contribution in [0.2, 0.25) is 5.02 Å². The van der Waals surface area contributed by atoms with Gasteiger partial charge in [0, 0.05) is 25.3 Å². The van der Waals surface area contributed by atoms with Crippen molar-refractivity contribution in [2.24, 2.45) is 0 Å². The highest BCUT2D eigenvalue weighted by molar-refractivity contribution is 6.30. The van der Waals surface area contributed by atoms with Crippen LogP contribution in [-0.2, 0) is 6.54 Å². The Balaban J connectivity index is 2.34. The van der Waals surface area contributed by atoms with Crippen LogP contribution in [0.1, 0.15) is 12.6 Å². The van der Waals surface area contributed by atoms with Crippen LogP contribution >= 0.6 is 11.6 Å². The predicted octanol–water partition coefficient (Wildman–Crippen LogP) is 1.43. The molecule has 1 aromatic heterocycles. The second-order valence-corrected chi connectivity index (χ2v) is 3.74. The Hall–Kier alpha value is -0.640. The fourth-order valence-corrected chi connectivity index (χ4v) is 1.28. The summed E-state index contributed by atoms with van der Waals surface area (Å²) in [6, 6.07) is 4.23. The van der Waals surface area contributed by atoms with Crippen molar-refractivity contribution in [3.05, 3.63) is 29.0 Å². The van der Waals surface area contributed by atoms with Crippen molar-refractivity contribution < 1.29 is 0 Å². The minimum atomic E-state index is 0.442. The SMILES string of the molecule is CNCC(C)NCc1ccc(Cl)cn1. The summed E-state index contributed by atoms with van der Waals surface area (Å²) in [6.45, 7) is 3.86. The van der Waals surface area contributed by atoms with Gasteiger partial charge in [0.2, 0.25) is 0 Å². The monoisotopic (exact) mass is 213 g/mol. The van der Waals surface area contributed by atoms with Crippen LogP contribution in [-0.4, -0.2) is 24.6 Å². The second kappa shape index (κ2) is 5.96. The van der Waals surface area contributed by atoms with Gasteiger partial charge in [-0.2, -0.15) is 0 Å². The largest absolute Gasteiger partial charge is 0.318 e. The molecule has 3 nitrogen and oxygen atoms in total. The van der Waals surface area contributed by atoms with E-state index in [-0.39, 0.29) is 0 Å². The minimum absolute atomic E-state index is 0.442. The summed E-state index contributed by atoms with van der Waals surface area (Å²) in [5.74, 6) is 0. The third-order valence-electron chi connectivity index (χ3n) is 1.93. The Kier molecular flexibility index (Phi) is 4.87. The molecular weight excluding hydrogens is 198 g/mol. The highest BCUT2D eigenvalue weighted by Gasteiger charge is 2.00. The number of rotatable bonds is 5. The number of hydrogen-bond donors (Lipinski definition) is 2. The zero-order valence-corrected chi connectivity index (χ0v) is 9.30. The fourth-order valence-electron chi connectivity index (χ4n) is 1.17. The van der Waals surface area contributed by atoms with Gasteiger partial charge in [-0.05, 0) is 26.1 Å². The zero-order valence-electron chi connectivity index (χ0n) is 8.55. The molecule has 0 saturated heterocycles. The fraction of sp³-hybridized carbons (Fsp3) is 0.500. The Labute approximate surface area is 89.9 Å². The molecule has 0 aliphatic rings. The molecule has 1 aromatic rings. The molecule has 1 unspecified atom stereocenters. The maximum atomic E-state index is 5.73. The Morgan fingerprint density at radius 3 is 2.86 bits per heavy atom. The van der Waals surface area contributed by atoms with Crippen LogP contribution in [0.25, 0.3) is 0 Å². The number of pyridine rings is 1. The molecule has 4 heteroatoms. The van der Waals surface area contributed by atoms with Gasteiger partial charge in [0.1, 0.15) is 0 Å². The van der Waals surface area contributed by atoms with E-state index < -0.39 is 0 Å². The first-order chi connectivity index (χ1) is 6.72. The van der Waals surface area contributed by atoms with E-state index in [9.17, 15) is 0 Å². The molecule has 0 radical (unpaired) electrons. The standard InChI is InChI=1S/C10H16ClN3/c1-8(5-12-2)13-7-10-4-3-9(11)6-14-10/h3-4,6,8,12-13H,5,7H2,1-2H3. The summed E-state index contributed by atoms with van der Waals surface area (Å²) in [5.41, 5.74) is 1.01. The first kappa shape index (κ1) is 11.4. The van der Waals surface area contributed by atoms with Crippen LogP contribution in [0.5, 0.6) is 0 Å². The van der Waals surface area contributed by atoms with Crippen molar-refractivity contribution in [1.29, 1.82) is 0 Å². The third-order valence-corrected chi connectivity index (χ3v) is 2.15. The number of likely N-dealkylation sites (N-methyl/N-ethyl adjacent to an activating group) is 1. The minimum Gasteiger partial charge on any atom is -0.318 e. The first-order valence-electron chi connectivity index (χ1n) is 4.71. The van der Waals surface area contributed by atoms with Crippen molar-refractivity contribution in [3.63, 3.8) is 0 Å². The molecule has 2 N–H and O–H groups in total. The molecule has 78 valence electrons. The number of nitrogens with zero attached hydrogens (tertiary/aromatic N) is 1. The third kappa shape index (κ3) is 4.05. The molecule has 14 heavy (non-hydrogen) atoms. The molecule has 0 aliphatic carbocycles. The van der Waals surface area contributed by atoms with E-state index >= 15 is 0 Å². The average Bonchev–Trinajstić information content (AvgIpc) is 2.17. The van der Waals surface area contributed by atoms with Crippen molar-refractivity contribution in [3.8, 4) is 0 Å². The van der Waals surface area contributed by atoms with Gasteiger partial charge >= 0.3 is 0 Å². The van der Waals surface area contributed by atoms with Gasteiger partial charge in [0.05, 0.1) is 10.7 Å². The van der Waals surface area contributed by atoms with Crippen LogP contribution in [0.15, 0.2) is 18.3 Å². The zero-order chi connectivity index (χ0) is 10.4. The van der Waals surface area contributed by atoms with Gasteiger partial charge < -0.3 is 10.6 Å². The molecule has 0 spiro atoms. The Bertz CT molecular complexity index is 261. The topological polar surface area (TPSA) is 37.0 Å². The van der Waals surface area contributed by atoms with E-state index in [1.807, 2.05) is 19.2 Å².